The van der Waals surface area contributed by atoms with Gasteiger partial charge in [-0.2, -0.15) is 0 Å². The lowest BCUT2D eigenvalue weighted by Crippen LogP contribution is -2.19. The number of para-hydroxylation sites is 1. The summed E-state index contributed by atoms with van der Waals surface area (Å²) in [6, 6.07) is 20.8. The molecule has 0 spiro atoms. The predicted molar refractivity (Wildman–Crippen MR) is 110 cm³/mol. The van der Waals surface area contributed by atoms with E-state index in [2.05, 4.69) is 31.5 Å². The average Bonchev–Trinajstić information content (AvgIpc) is 3.01. The first-order valence-electron chi connectivity index (χ1n) is 8.30. The molecule has 0 aliphatic rings. The minimum absolute atomic E-state index is 0.309. The molecule has 27 heavy (non-hydrogen) atoms. The van der Waals surface area contributed by atoms with Gasteiger partial charge >= 0.3 is 6.03 Å². The third-order valence-electron chi connectivity index (χ3n) is 4.16. The molecule has 134 valence electrons. The molecule has 0 fully saturated rings. The van der Waals surface area contributed by atoms with E-state index in [1.807, 2.05) is 42.5 Å². The third kappa shape index (κ3) is 3.71. The fourth-order valence-corrected chi connectivity index (χ4v) is 3.35. The molecule has 4 rings (SSSR count). The number of hydrogen-bond donors (Lipinski definition) is 3. The van der Waals surface area contributed by atoms with Crippen LogP contribution in [0.4, 0.5) is 20.6 Å². The summed E-state index contributed by atoms with van der Waals surface area (Å²) in [7, 11) is 0. The van der Waals surface area contributed by atoms with Crippen molar-refractivity contribution in [2.75, 3.05) is 10.6 Å². The second-order valence-corrected chi connectivity index (χ2v) is 6.93. The van der Waals surface area contributed by atoms with E-state index in [4.69, 9.17) is 0 Å². The number of carbonyl (C=O) groups is 1. The zero-order valence-electron chi connectivity index (χ0n) is 14.1. The monoisotopic (exact) mass is 423 g/mol. The van der Waals surface area contributed by atoms with Crippen LogP contribution in [0, 0.1) is 5.82 Å². The van der Waals surface area contributed by atoms with Crippen LogP contribution in [0.25, 0.3) is 22.2 Å². The Labute approximate surface area is 163 Å². The van der Waals surface area contributed by atoms with Crippen molar-refractivity contribution in [1.29, 1.82) is 0 Å². The van der Waals surface area contributed by atoms with Crippen molar-refractivity contribution in [3.05, 3.63) is 83.1 Å². The molecule has 0 aliphatic heterocycles. The van der Waals surface area contributed by atoms with Gasteiger partial charge in [0.1, 0.15) is 5.82 Å². The molecule has 3 N–H and O–H groups in total. The van der Waals surface area contributed by atoms with Crippen molar-refractivity contribution in [1.82, 2.24) is 4.98 Å². The number of anilines is 2. The second-order valence-electron chi connectivity index (χ2n) is 6.02. The summed E-state index contributed by atoms with van der Waals surface area (Å²) in [6.45, 7) is 0. The number of rotatable bonds is 3. The van der Waals surface area contributed by atoms with Gasteiger partial charge in [0.05, 0.1) is 11.4 Å². The first kappa shape index (κ1) is 17.3. The van der Waals surface area contributed by atoms with Crippen molar-refractivity contribution in [3.8, 4) is 11.3 Å². The van der Waals surface area contributed by atoms with Gasteiger partial charge in [0.25, 0.3) is 0 Å². The summed E-state index contributed by atoms with van der Waals surface area (Å²) in [5.41, 5.74) is 3.70. The maximum absolute atomic E-state index is 13.3. The molecule has 1 aromatic heterocycles. The molecule has 0 radical (unpaired) electrons. The Kier molecular flexibility index (Phi) is 4.64. The normalized spacial score (nSPS) is 10.7. The Hall–Kier alpha value is -3.12. The lowest BCUT2D eigenvalue weighted by Gasteiger charge is -2.10. The Bertz CT molecular complexity index is 1120. The Morgan fingerprint density at radius 2 is 1.70 bits per heavy atom. The van der Waals surface area contributed by atoms with Crippen molar-refractivity contribution in [2.24, 2.45) is 0 Å². The fourth-order valence-electron chi connectivity index (χ4n) is 2.95. The molecule has 6 heteroatoms. The fraction of sp³-hybridized carbons (Fsp3) is 0. The molecule has 4 nitrogen and oxygen atoms in total. The zero-order chi connectivity index (χ0) is 18.8. The number of fused-ring (bicyclic) bond motifs is 1. The first-order chi connectivity index (χ1) is 13.1. The molecule has 4 aromatic rings. The lowest BCUT2D eigenvalue weighted by atomic mass is 10.1. The molecule has 1 heterocycles. The van der Waals surface area contributed by atoms with E-state index >= 15 is 0 Å². The number of amides is 2. The Morgan fingerprint density at radius 3 is 2.48 bits per heavy atom. The van der Waals surface area contributed by atoms with Crippen LogP contribution in [0.3, 0.4) is 0 Å². The summed E-state index contributed by atoms with van der Waals surface area (Å²) >= 11 is 3.39. The minimum atomic E-state index is -0.360. The maximum Gasteiger partial charge on any atom is 0.323 e. The number of halogens is 2. The molecular formula is C21H15BrFN3O. The standard InChI is InChI=1S/C21H15BrFN3O/c22-14-4-3-5-16(12-14)24-21(27)26-20-17-6-1-2-7-18(17)25-19(20)13-8-10-15(23)11-9-13/h1-12,25H,(H2,24,26,27). The summed E-state index contributed by atoms with van der Waals surface area (Å²) in [6.07, 6.45) is 0. The highest BCUT2D eigenvalue weighted by molar-refractivity contribution is 9.10. The van der Waals surface area contributed by atoms with E-state index in [0.29, 0.717) is 11.4 Å². The molecule has 0 atom stereocenters. The van der Waals surface area contributed by atoms with Gasteiger partial charge in [-0.05, 0) is 48.5 Å². The van der Waals surface area contributed by atoms with E-state index < -0.39 is 0 Å². The number of nitrogens with one attached hydrogen (secondary N) is 3. The Balaban J connectivity index is 1.70. The minimum Gasteiger partial charge on any atom is -0.353 e. The SMILES string of the molecule is O=C(Nc1cccc(Br)c1)Nc1c(-c2ccc(F)cc2)[nH]c2ccccc12. The number of aromatic amines is 1. The van der Waals surface area contributed by atoms with E-state index in [1.54, 1.807) is 18.2 Å². The topological polar surface area (TPSA) is 56.9 Å². The average molecular weight is 424 g/mol. The van der Waals surface area contributed by atoms with Crippen LogP contribution >= 0.6 is 15.9 Å². The molecule has 0 bridgehead atoms. The molecule has 3 aromatic carbocycles. The summed E-state index contributed by atoms with van der Waals surface area (Å²) < 4.78 is 14.2. The van der Waals surface area contributed by atoms with Crippen LogP contribution in [-0.4, -0.2) is 11.0 Å². The highest BCUT2D eigenvalue weighted by atomic mass is 79.9. The van der Waals surface area contributed by atoms with E-state index in [-0.39, 0.29) is 11.8 Å². The van der Waals surface area contributed by atoms with Gasteiger partial charge in [-0.1, -0.05) is 40.2 Å². The third-order valence-corrected chi connectivity index (χ3v) is 4.65. The maximum atomic E-state index is 13.3. The molecular weight excluding hydrogens is 409 g/mol. The van der Waals surface area contributed by atoms with Crippen molar-refractivity contribution in [2.45, 2.75) is 0 Å². The van der Waals surface area contributed by atoms with Gasteiger partial charge in [0.15, 0.2) is 0 Å². The van der Waals surface area contributed by atoms with Crippen LogP contribution in [-0.2, 0) is 0 Å². The largest absolute Gasteiger partial charge is 0.353 e. The van der Waals surface area contributed by atoms with Crippen LogP contribution < -0.4 is 10.6 Å². The highest BCUT2D eigenvalue weighted by Gasteiger charge is 2.15. The molecule has 0 saturated heterocycles. The first-order valence-corrected chi connectivity index (χ1v) is 9.10. The van der Waals surface area contributed by atoms with Gasteiger partial charge in [0, 0.05) is 26.6 Å². The van der Waals surface area contributed by atoms with Crippen molar-refractivity contribution < 1.29 is 9.18 Å². The predicted octanol–water partition coefficient (Wildman–Crippen LogP) is 6.38. The second kappa shape index (κ2) is 7.25. The van der Waals surface area contributed by atoms with E-state index in [1.165, 1.54) is 12.1 Å². The van der Waals surface area contributed by atoms with E-state index in [0.717, 1.165) is 26.6 Å². The van der Waals surface area contributed by atoms with Crippen LogP contribution in [0.15, 0.2) is 77.3 Å². The van der Waals surface area contributed by atoms with Crippen LogP contribution in [0.5, 0.6) is 0 Å². The van der Waals surface area contributed by atoms with E-state index in [9.17, 15) is 9.18 Å². The van der Waals surface area contributed by atoms with Crippen molar-refractivity contribution >= 4 is 44.2 Å². The summed E-state index contributed by atoms with van der Waals surface area (Å²) in [5, 5.41) is 6.62. The van der Waals surface area contributed by atoms with Gasteiger partial charge in [-0.3, -0.25) is 0 Å². The van der Waals surface area contributed by atoms with Gasteiger partial charge in [0.2, 0.25) is 0 Å². The van der Waals surface area contributed by atoms with Gasteiger partial charge < -0.3 is 15.6 Å². The van der Waals surface area contributed by atoms with Gasteiger partial charge in [-0.25, -0.2) is 9.18 Å². The lowest BCUT2D eigenvalue weighted by molar-refractivity contribution is 0.262. The summed E-state index contributed by atoms with van der Waals surface area (Å²) in [4.78, 5) is 15.9. The zero-order valence-corrected chi connectivity index (χ0v) is 15.7. The number of H-pyrrole nitrogens is 1. The smallest absolute Gasteiger partial charge is 0.323 e. The quantitative estimate of drug-likeness (QED) is 0.351. The number of carbonyl (C=O) groups excluding carboxylic acids is 1. The van der Waals surface area contributed by atoms with Crippen LogP contribution in [0.1, 0.15) is 0 Å². The number of hydrogen-bond acceptors (Lipinski definition) is 1. The molecule has 0 aliphatic carbocycles. The number of urea groups is 1. The molecule has 2 amide bonds. The summed E-state index contributed by atoms with van der Waals surface area (Å²) in [5.74, 6) is -0.309. The number of benzene rings is 3. The van der Waals surface area contributed by atoms with Crippen molar-refractivity contribution in [3.63, 3.8) is 0 Å². The van der Waals surface area contributed by atoms with Crippen LogP contribution in [0.2, 0.25) is 0 Å². The number of aromatic nitrogens is 1. The molecule has 0 unspecified atom stereocenters. The highest BCUT2D eigenvalue weighted by Crippen LogP contribution is 2.35. The van der Waals surface area contributed by atoms with Gasteiger partial charge in [-0.15, -0.1) is 0 Å². The Morgan fingerprint density at radius 1 is 0.926 bits per heavy atom. The molecule has 0 saturated carbocycles.